The third kappa shape index (κ3) is 8.34. The maximum atomic E-state index is 13.7. The highest BCUT2D eigenvalue weighted by atomic mass is 35.5. The molecule has 194 valence electrons. The van der Waals surface area contributed by atoms with Crippen molar-refractivity contribution in [3.05, 3.63) is 106 Å². The van der Waals surface area contributed by atoms with Gasteiger partial charge in [-0.25, -0.2) is 4.39 Å². The van der Waals surface area contributed by atoms with Gasteiger partial charge >= 0.3 is 0 Å². The number of benzene rings is 3. The van der Waals surface area contributed by atoms with Gasteiger partial charge in [0.15, 0.2) is 0 Å². The zero-order valence-corrected chi connectivity index (χ0v) is 22.3. The fourth-order valence-corrected chi connectivity index (χ4v) is 5.76. The topological polar surface area (TPSA) is 49.4 Å². The van der Waals surface area contributed by atoms with Crippen molar-refractivity contribution in [1.29, 1.82) is 0 Å². The monoisotopic (exact) mass is 538 g/mol. The second kappa shape index (κ2) is 13.6. The highest BCUT2D eigenvalue weighted by Crippen LogP contribution is 2.22. The summed E-state index contributed by atoms with van der Waals surface area (Å²) in [5.74, 6) is 0.271. The zero-order chi connectivity index (χ0) is 26.0. The van der Waals surface area contributed by atoms with Crippen LogP contribution in [-0.2, 0) is 28.3 Å². The van der Waals surface area contributed by atoms with E-state index in [9.17, 15) is 14.0 Å². The van der Waals surface area contributed by atoms with Gasteiger partial charge < -0.3 is 10.2 Å². The summed E-state index contributed by atoms with van der Waals surface area (Å²) in [5, 5.41) is 3.81. The lowest BCUT2D eigenvalue weighted by Crippen LogP contribution is -2.52. The molecule has 3 aromatic carbocycles. The average Bonchev–Trinajstić information content (AvgIpc) is 3.41. The van der Waals surface area contributed by atoms with Crippen molar-refractivity contribution in [2.45, 2.75) is 56.5 Å². The van der Waals surface area contributed by atoms with Crippen molar-refractivity contribution in [2.24, 2.45) is 0 Å². The smallest absolute Gasteiger partial charge is 0.243 e. The molecule has 1 unspecified atom stereocenters. The van der Waals surface area contributed by atoms with Crippen molar-refractivity contribution in [1.82, 2.24) is 10.2 Å². The van der Waals surface area contributed by atoms with Crippen LogP contribution in [0.2, 0.25) is 5.02 Å². The molecule has 0 aromatic heterocycles. The summed E-state index contributed by atoms with van der Waals surface area (Å²) in [6.45, 7) is 0.284. The Morgan fingerprint density at radius 1 is 0.946 bits per heavy atom. The molecule has 0 aliphatic heterocycles. The number of carbonyl (C=O) groups is 2. The normalized spacial score (nSPS) is 14.3. The van der Waals surface area contributed by atoms with E-state index in [2.05, 4.69) is 5.32 Å². The third-order valence-corrected chi connectivity index (χ3v) is 7.85. The summed E-state index contributed by atoms with van der Waals surface area (Å²) in [6.07, 6.45) is 4.59. The molecule has 0 saturated heterocycles. The first-order chi connectivity index (χ1) is 18.0. The molecule has 0 spiro atoms. The summed E-state index contributed by atoms with van der Waals surface area (Å²) in [5.41, 5.74) is 2.81. The largest absolute Gasteiger partial charge is 0.352 e. The molecule has 37 heavy (non-hydrogen) atoms. The molecule has 4 rings (SSSR count). The Balaban J connectivity index is 1.56. The maximum Gasteiger partial charge on any atom is 0.243 e. The van der Waals surface area contributed by atoms with E-state index in [0.717, 1.165) is 42.4 Å². The van der Waals surface area contributed by atoms with Gasteiger partial charge in [-0.2, -0.15) is 0 Å². The molecule has 0 heterocycles. The molecule has 1 fully saturated rings. The summed E-state index contributed by atoms with van der Waals surface area (Å²) >= 11 is 7.70. The van der Waals surface area contributed by atoms with Gasteiger partial charge in [0.1, 0.15) is 11.9 Å². The number of hydrogen-bond donors (Lipinski definition) is 1. The number of hydrogen-bond acceptors (Lipinski definition) is 3. The van der Waals surface area contributed by atoms with E-state index in [1.165, 1.54) is 23.9 Å². The highest BCUT2D eigenvalue weighted by Gasteiger charge is 2.32. The van der Waals surface area contributed by atoms with Crippen LogP contribution in [0.4, 0.5) is 4.39 Å². The summed E-state index contributed by atoms with van der Waals surface area (Å²) in [4.78, 5) is 29.0. The fourth-order valence-electron chi connectivity index (χ4n) is 4.67. The minimum atomic E-state index is -0.652. The maximum absolute atomic E-state index is 13.7. The van der Waals surface area contributed by atoms with Gasteiger partial charge in [0.05, 0.1) is 5.75 Å². The quantitative estimate of drug-likeness (QED) is 0.307. The van der Waals surface area contributed by atoms with Crippen molar-refractivity contribution in [3.8, 4) is 0 Å². The molecule has 2 amide bonds. The number of nitrogens with one attached hydrogen (secondary N) is 1. The first kappa shape index (κ1) is 27.2. The van der Waals surface area contributed by atoms with Gasteiger partial charge in [-0.3, -0.25) is 9.59 Å². The standard InChI is InChI=1S/C30H32ClFN2O2S/c31-25-10-6-9-24(17-25)19-34(29(35)21-37-20-23-13-15-26(32)16-14-23)28(18-22-7-2-1-3-8-22)30(36)33-27-11-4-5-12-27/h1-3,6-10,13-17,27-28H,4-5,11-12,18-21H2,(H,33,36). The number of rotatable bonds is 11. The van der Waals surface area contributed by atoms with Gasteiger partial charge in [0.25, 0.3) is 0 Å². The summed E-state index contributed by atoms with van der Waals surface area (Å²) < 4.78 is 13.3. The lowest BCUT2D eigenvalue weighted by Gasteiger charge is -2.32. The van der Waals surface area contributed by atoms with E-state index in [-0.39, 0.29) is 36.0 Å². The van der Waals surface area contributed by atoms with Crippen LogP contribution >= 0.6 is 23.4 Å². The fraction of sp³-hybridized carbons (Fsp3) is 0.333. The van der Waals surface area contributed by atoms with E-state index in [0.29, 0.717) is 17.2 Å². The molecule has 3 aromatic rings. The van der Waals surface area contributed by atoms with Crippen molar-refractivity contribution >= 4 is 35.2 Å². The molecule has 7 heteroatoms. The Kier molecular flexibility index (Phi) is 10.0. The molecular weight excluding hydrogens is 507 g/mol. The molecule has 0 radical (unpaired) electrons. The van der Waals surface area contributed by atoms with Crippen LogP contribution < -0.4 is 5.32 Å². The lowest BCUT2D eigenvalue weighted by atomic mass is 10.0. The van der Waals surface area contributed by atoms with Gasteiger partial charge in [-0.05, 0) is 53.8 Å². The van der Waals surface area contributed by atoms with Crippen LogP contribution in [0.3, 0.4) is 0 Å². The van der Waals surface area contributed by atoms with Gasteiger partial charge in [-0.15, -0.1) is 11.8 Å². The van der Waals surface area contributed by atoms with Crippen LogP contribution in [-0.4, -0.2) is 34.6 Å². The van der Waals surface area contributed by atoms with Gasteiger partial charge in [0, 0.05) is 29.8 Å². The first-order valence-electron chi connectivity index (χ1n) is 12.7. The highest BCUT2D eigenvalue weighted by molar-refractivity contribution is 7.99. The Labute approximate surface area is 227 Å². The van der Waals surface area contributed by atoms with E-state index >= 15 is 0 Å². The predicted molar refractivity (Wildman–Crippen MR) is 149 cm³/mol. The second-order valence-electron chi connectivity index (χ2n) is 9.47. The average molecular weight is 539 g/mol. The number of thioether (sulfide) groups is 1. The third-order valence-electron chi connectivity index (χ3n) is 6.62. The van der Waals surface area contributed by atoms with E-state index in [1.807, 2.05) is 48.5 Å². The van der Waals surface area contributed by atoms with Gasteiger partial charge in [0.2, 0.25) is 11.8 Å². The molecule has 4 nitrogen and oxygen atoms in total. The number of nitrogens with zero attached hydrogens (tertiary/aromatic N) is 1. The Morgan fingerprint density at radius 3 is 2.35 bits per heavy atom. The summed E-state index contributed by atoms with van der Waals surface area (Å²) in [7, 11) is 0. The van der Waals surface area contributed by atoms with Crippen molar-refractivity contribution in [3.63, 3.8) is 0 Å². The van der Waals surface area contributed by atoms with Crippen LogP contribution in [0.15, 0.2) is 78.9 Å². The first-order valence-corrected chi connectivity index (χ1v) is 14.2. The van der Waals surface area contributed by atoms with Crippen LogP contribution in [0.5, 0.6) is 0 Å². The number of amides is 2. The lowest BCUT2D eigenvalue weighted by molar-refractivity contribution is -0.139. The Hall–Kier alpha value is -2.83. The van der Waals surface area contributed by atoms with Crippen LogP contribution in [0.25, 0.3) is 0 Å². The van der Waals surface area contributed by atoms with Crippen molar-refractivity contribution in [2.75, 3.05) is 5.75 Å². The Bertz CT molecular complexity index is 1170. The molecule has 1 aliphatic rings. The molecule has 1 atom stereocenters. The van der Waals surface area contributed by atoms with E-state index in [4.69, 9.17) is 11.6 Å². The minimum absolute atomic E-state index is 0.116. The van der Waals surface area contributed by atoms with E-state index in [1.54, 1.807) is 23.1 Å². The summed E-state index contributed by atoms with van der Waals surface area (Å²) in [6, 6.07) is 23.0. The second-order valence-corrected chi connectivity index (χ2v) is 10.9. The zero-order valence-electron chi connectivity index (χ0n) is 20.7. The van der Waals surface area contributed by atoms with Crippen molar-refractivity contribution < 1.29 is 14.0 Å². The van der Waals surface area contributed by atoms with E-state index < -0.39 is 6.04 Å². The molecule has 1 saturated carbocycles. The number of halogens is 2. The minimum Gasteiger partial charge on any atom is -0.352 e. The SMILES string of the molecule is O=C(NC1CCCC1)C(Cc1ccccc1)N(Cc1cccc(Cl)c1)C(=O)CSCc1ccc(F)cc1. The van der Waals surface area contributed by atoms with Gasteiger partial charge in [-0.1, -0.05) is 79.0 Å². The predicted octanol–water partition coefficient (Wildman–Crippen LogP) is 6.41. The number of carbonyl (C=O) groups excluding carboxylic acids is 2. The van der Waals surface area contributed by atoms with Crippen LogP contribution in [0.1, 0.15) is 42.4 Å². The Morgan fingerprint density at radius 2 is 1.65 bits per heavy atom. The molecule has 0 bridgehead atoms. The molecule has 1 N–H and O–H groups in total. The molecule has 1 aliphatic carbocycles. The van der Waals surface area contributed by atoms with Crippen LogP contribution in [0, 0.1) is 5.82 Å². The molecular formula is C30H32ClFN2O2S.